The highest BCUT2D eigenvalue weighted by atomic mass is 32.1. The summed E-state index contributed by atoms with van der Waals surface area (Å²) in [6.07, 6.45) is 1.11. The minimum absolute atomic E-state index is 0.00262. The van der Waals surface area contributed by atoms with Crippen molar-refractivity contribution >= 4 is 27.5 Å². The Bertz CT molecular complexity index is 1450. The standard InChI is InChI=1S/C27H28F2N4O3S/c1-3-16-5-4-6-17(7-16)12-30-13-22(34)21(10-18-8-19(28)11-20(29)9-18)33-26(36)24-15(2)23-25(35)31-14-32-27(23)37-24/h4-9,11,14,21-22,30,34H,3,10,12-13H2,1-2H3,(H,33,36)(H,31,32,35)/t21-,22-/m0/s1. The van der Waals surface area contributed by atoms with E-state index in [1.54, 1.807) is 6.92 Å². The number of nitrogens with one attached hydrogen (secondary N) is 3. The Morgan fingerprint density at radius 3 is 2.57 bits per heavy atom. The van der Waals surface area contributed by atoms with E-state index in [9.17, 15) is 23.5 Å². The molecule has 0 bridgehead atoms. The maximum absolute atomic E-state index is 13.8. The largest absolute Gasteiger partial charge is 0.390 e. The number of carbonyl (C=O) groups is 1. The summed E-state index contributed by atoms with van der Waals surface area (Å²) in [7, 11) is 0. The molecule has 10 heteroatoms. The number of hydrogen-bond acceptors (Lipinski definition) is 6. The van der Waals surface area contributed by atoms with Crippen LogP contribution in [0.3, 0.4) is 0 Å². The monoisotopic (exact) mass is 526 g/mol. The van der Waals surface area contributed by atoms with Crippen LogP contribution in [0.4, 0.5) is 8.78 Å². The van der Waals surface area contributed by atoms with E-state index in [4.69, 9.17) is 0 Å². The van der Waals surface area contributed by atoms with Crippen LogP contribution in [0.2, 0.25) is 0 Å². The average molecular weight is 527 g/mol. The number of H-pyrrole nitrogens is 1. The van der Waals surface area contributed by atoms with Crippen molar-refractivity contribution in [3.63, 3.8) is 0 Å². The summed E-state index contributed by atoms with van der Waals surface area (Å²) >= 11 is 1.07. The Hall–Kier alpha value is -3.47. The normalized spacial score (nSPS) is 13.0. The molecule has 4 aromatic rings. The number of aliphatic hydroxyl groups is 1. The first-order valence-corrected chi connectivity index (χ1v) is 12.8. The van der Waals surface area contributed by atoms with Crippen LogP contribution >= 0.6 is 11.3 Å². The topological polar surface area (TPSA) is 107 Å². The number of nitrogens with zero attached hydrogens (tertiary/aromatic N) is 1. The first-order valence-electron chi connectivity index (χ1n) is 11.9. The molecule has 1 amide bonds. The van der Waals surface area contributed by atoms with E-state index in [0.717, 1.165) is 29.4 Å². The van der Waals surface area contributed by atoms with Gasteiger partial charge >= 0.3 is 0 Å². The van der Waals surface area contributed by atoms with Gasteiger partial charge in [-0.05, 0) is 54.2 Å². The number of hydrogen-bond donors (Lipinski definition) is 4. The molecular formula is C27H28F2N4O3S. The van der Waals surface area contributed by atoms with Gasteiger partial charge in [0.15, 0.2) is 0 Å². The molecule has 0 spiro atoms. The van der Waals surface area contributed by atoms with Gasteiger partial charge < -0.3 is 20.7 Å². The molecule has 2 atom stereocenters. The van der Waals surface area contributed by atoms with Gasteiger partial charge in [-0.25, -0.2) is 13.8 Å². The zero-order valence-corrected chi connectivity index (χ0v) is 21.3. The molecule has 0 aliphatic heterocycles. The second-order valence-electron chi connectivity index (χ2n) is 8.90. The Balaban J connectivity index is 1.53. The van der Waals surface area contributed by atoms with E-state index in [2.05, 4.69) is 33.6 Å². The first kappa shape index (κ1) is 26.6. The number of benzene rings is 2. The van der Waals surface area contributed by atoms with Gasteiger partial charge in [0.2, 0.25) is 0 Å². The Labute approximate surface area is 216 Å². The van der Waals surface area contributed by atoms with Gasteiger partial charge in [0.25, 0.3) is 11.5 Å². The molecule has 0 aliphatic rings. The third-order valence-corrected chi connectivity index (χ3v) is 7.38. The first-order chi connectivity index (χ1) is 17.7. The maximum atomic E-state index is 13.8. The van der Waals surface area contributed by atoms with Gasteiger partial charge in [0, 0.05) is 19.2 Å². The Morgan fingerprint density at radius 2 is 1.86 bits per heavy atom. The van der Waals surface area contributed by atoms with Crippen molar-refractivity contribution < 1.29 is 18.7 Å². The van der Waals surface area contributed by atoms with Crippen LogP contribution in [-0.2, 0) is 19.4 Å². The number of thiophene rings is 1. The molecule has 0 aliphatic carbocycles. The van der Waals surface area contributed by atoms with Crippen LogP contribution in [0.5, 0.6) is 0 Å². The number of aliphatic hydroxyl groups excluding tert-OH is 1. The van der Waals surface area contributed by atoms with E-state index >= 15 is 0 Å². The lowest BCUT2D eigenvalue weighted by Crippen LogP contribution is -2.48. The second-order valence-corrected chi connectivity index (χ2v) is 9.90. The van der Waals surface area contributed by atoms with E-state index in [1.807, 2.05) is 18.2 Å². The number of fused-ring (bicyclic) bond motifs is 1. The van der Waals surface area contributed by atoms with Crippen LogP contribution in [0.1, 0.15) is 38.8 Å². The summed E-state index contributed by atoms with van der Waals surface area (Å²) < 4.78 is 27.7. The molecule has 0 radical (unpaired) electrons. The van der Waals surface area contributed by atoms with Gasteiger partial charge in [0.05, 0.1) is 28.7 Å². The van der Waals surface area contributed by atoms with Crippen molar-refractivity contribution in [1.82, 2.24) is 20.6 Å². The predicted molar refractivity (Wildman–Crippen MR) is 140 cm³/mol. The van der Waals surface area contributed by atoms with Crippen LogP contribution in [0.25, 0.3) is 10.2 Å². The molecule has 0 unspecified atom stereocenters. The van der Waals surface area contributed by atoms with Crippen molar-refractivity contribution in [2.45, 2.75) is 45.4 Å². The highest BCUT2D eigenvalue weighted by Gasteiger charge is 2.26. The van der Waals surface area contributed by atoms with Crippen LogP contribution in [0, 0.1) is 18.6 Å². The van der Waals surface area contributed by atoms with Crippen molar-refractivity contribution in [3.8, 4) is 0 Å². The number of aryl methyl sites for hydroxylation is 2. The lowest BCUT2D eigenvalue weighted by molar-refractivity contribution is 0.0833. The highest BCUT2D eigenvalue weighted by molar-refractivity contribution is 7.20. The fraction of sp³-hybridized carbons (Fsp3) is 0.296. The zero-order valence-electron chi connectivity index (χ0n) is 20.5. The summed E-state index contributed by atoms with van der Waals surface area (Å²) in [6.45, 7) is 4.36. The van der Waals surface area contributed by atoms with Gasteiger partial charge in [-0.1, -0.05) is 31.2 Å². The van der Waals surface area contributed by atoms with Gasteiger partial charge in [-0.2, -0.15) is 0 Å². The average Bonchev–Trinajstić information content (AvgIpc) is 3.20. The van der Waals surface area contributed by atoms with Crippen molar-refractivity contribution in [3.05, 3.63) is 97.9 Å². The van der Waals surface area contributed by atoms with Crippen molar-refractivity contribution in [1.29, 1.82) is 0 Å². The van der Waals surface area contributed by atoms with Gasteiger partial charge in [-0.15, -0.1) is 11.3 Å². The minimum Gasteiger partial charge on any atom is -0.390 e. The molecule has 0 saturated heterocycles. The number of carbonyl (C=O) groups excluding carboxylic acids is 1. The molecule has 37 heavy (non-hydrogen) atoms. The van der Waals surface area contributed by atoms with E-state index in [1.165, 1.54) is 24.0 Å². The molecule has 194 valence electrons. The summed E-state index contributed by atoms with van der Waals surface area (Å²) in [5, 5.41) is 17.3. The molecule has 7 nitrogen and oxygen atoms in total. The number of rotatable bonds is 10. The Morgan fingerprint density at radius 1 is 1.14 bits per heavy atom. The number of aromatic nitrogens is 2. The van der Waals surface area contributed by atoms with Crippen LogP contribution in [-0.4, -0.2) is 39.7 Å². The number of halogens is 2. The molecule has 4 rings (SSSR count). The summed E-state index contributed by atoms with van der Waals surface area (Å²) in [6, 6.07) is 10.3. The number of aromatic amines is 1. The lowest BCUT2D eigenvalue weighted by Gasteiger charge is -2.25. The van der Waals surface area contributed by atoms with Crippen LogP contribution < -0.4 is 16.2 Å². The molecule has 2 heterocycles. The van der Waals surface area contributed by atoms with Crippen molar-refractivity contribution in [2.24, 2.45) is 0 Å². The summed E-state index contributed by atoms with van der Waals surface area (Å²) in [5.41, 5.74) is 2.68. The minimum atomic E-state index is -1.07. The fourth-order valence-corrected chi connectivity index (χ4v) is 5.31. The molecule has 0 saturated carbocycles. The quantitative estimate of drug-likeness (QED) is 0.253. The predicted octanol–water partition coefficient (Wildman–Crippen LogP) is 3.63. The maximum Gasteiger partial charge on any atom is 0.262 e. The molecular weight excluding hydrogens is 498 g/mol. The number of amides is 1. The highest BCUT2D eigenvalue weighted by Crippen LogP contribution is 2.26. The third-order valence-electron chi connectivity index (χ3n) is 6.18. The molecule has 0 fully saturated rings. The summed E-state index contributed by atoms with van der Waals surface area (Å²) in [4.78, 5) is 32.8. The fourth-order valence-electron chi connectivity index (χ4n) is 4.26. The van der Waals surface area contributed by atoms with Gasteiger partial charge in [0.1, 0.15) is 16.5 Å². The smallest absolute Gasteiger partial charge is 0.262 e. The van der Waals surface area contributed by atoms with E-state index in [-0.39, 0.29) is 23.4 Å². The molecule has 4 N–H and O–H groups in total. The zero-order chi connectivity index (χ0) is 26.5. The second kappa shape index (κ2) is 11.7. The third kappa shape index (κ3) is 6.46. The van der Waals surface area contributed by atoms with Gasteiger partial charge in [-0.3, -0.25) is 9.59 Å². The van der Waals surface area contributed by atoms with Crippen LogP contribution in [0.15, 0.2) is 53.6 Å². The SMILES string of the molecule is CCc1cccc(CNC[C@H](O)[C@H](Cc2cc(F)cc(F)c2)NC(=O)c2sc3nc[nH]c(=O)c3c2C)c1. The van der Waals surface area contributed by atoms with E-state index in [0.29, 0.717) is 27.9 Å². The summed E-state index contributed by atoms with van der Waals surface area (Å²) in [5.74, 6) is -1.99. The lowest BCUT2D eigenvalue weighted by atomic mass is 10.00. The molecule has 2 aromatic heterocycles. The Kier molecular flexibility index (Phi) is 8.42. The van der Waals surface area contributed by atoms with E-state index < -0.39 is 29.7 Å². The molecule has 2 aromatic carbocycles. The van der Waals surface area contributed by atoms with Crippen molar-refractivity contribution in [2.75, 3.05) is 6.54 Å².